The number of aromatic nitrogens is 3. The normalized spacial score (nSPS) is 11.1. The highest BCUT2D eigenvalue weighted by Crippen LogP contribution is 2.18. The number of nitrogens with one attached hydrogen (secondary N) is 1. The Morgan fingerprint density at radius 2 is 1.81 bits per heavy atom. The second-order valence-corrected chi connectivity index (χ2v) is 9.13. The fourth-order valence-electron chi connectivity index (χ4n) is 3.15. The van der Waals surface area contributed by atoms with Crippen LogP contribution in [0.2, 0.25) is 0 Å². The lowest BCUT2D eigenvalue weighted by atomic mass is 10.2. The number of thiazole rings is 1. The minimum Gasteiger partial charge on any atom is -0.347 e. The first-order valence-corrected chi connectivity index (χ1v) is 11.1. The Kier molecular flexibility index (Phi) is 5.88. The molecular formula is C22H19BrN4O3S. The van der Waals surface area contributed by atoms with Gasteiger partial charge in [-0.1, -0.05) is 34.1 Å². The van der Waals surface area contributed by atoms with Crippen LogP contribution < -0.4 is 16.6 Å². The summed E-state index contributed by atoms with van der Waals surface area (Å²) in [5, 5.41) is 2.84. The van der Waals surface area contributed by atoms with Gasteiger partial charge in [0.25, 0.3) is 11.5 Å². The molecule has 0 unspecified atom stereocenters. The van der Waals surface area contributed by atoms with E-state index in [1.54, 1.807) is 13.1 Å². The SMILES string of the molecule is Cc1ccc(CNC(=O)c2cn3c(=O)n(Cc4ccc(Br)cc4)c(=O)c(C)c3s2)cn1. The van der Waals surface area contributed by atoms with E-state index in [1.807, 2.05) is 43.3 Å². The summed E-state index contributed by atoms with van der Waals surface area (Å²) in [6, 6.07) is 11.2. The van der Waals surface area contributed by atoms with Crippen LogP contribution >= 0.6 is 27.3 Å². The smallest absolute Gasteiger partial charge is 0.336 e. The number of carbonyl (C=O) groups excluding carboxylic acids is 1. The van der Waals surface area contributed by atoms with Crippen molar-refractivity contribution in [1.29, 1.82) is 0 Å². The predicted molar refractivity (Wildman–Crippen MR) is 124 cm³/mol. The molecule has 3 aromatic heterocycles. The van der Waals surface area contributed by atoms with Gasteiger partial charge >= 0.3 is 5.69 Å². The van der Waals surface area contributed by atoms with Gasteiger partial charge < -0.3 is 5.32 Å². The largest absolute Gasteiger partial charge is 0.347 e. The molecule has 4 aromatic rings. The Balaban J connectivity index is 1.64. The number of rotatable bonds is 5. The zero-order chi connectivity index (χ0) is 22.1. The minimum atomic E-state index is -0.466. The van der Waals surface area contributed by atoms with Gasteiger partial charge in [-0.2, -0.15) is 0 Å². The van der Waals surface area contributed by atoms with Gasteiger partial charge in [0.05, 0.1) is 6.54 Å². The molecule has 31 heavy (non-hydrogen) atoms. The molecule has 3 heterocycles. The number of carbonyl (C=O) groups is 1. The summed E-state index contributed by atoms with van der Waals surface area (Å²) in [5.41, 5.74) is 2.23. The van der Waals surface area contributed by atoms with Crippen molar-refractivity contribution in [2.45, 2.75) is 26.9 Å². The quantitative estimate of drug-likeness (QED) is 0.457. The summed E-state index contributed by atoms with van der Waals surface area (Å²) in [5.74, 6) is -0.306. The minimum absolute atomic E-state index is 0.159. The maximum Gasteiger partial charge on any atom is 0.336 e. The van der Waals surface area contributed by atoms with E-state index in [1.165, 1.54) is 15.2 Å². The number of nitrogens with zero attached hydrogens (tertiary/aromatic N) is 3. The third-order valence-electron chi connectivity index (χ3n) is 4.90. The van der Waals surface area contributed by atoms with Crippen LogP contribution in [0.4, 0.5) is 0 Å². The molecule has 7 nitrogen and oxygen atoms in total. The Morgan fingerprint density at radius 1 is 1.10 bits per heavy atom. The van der Waals surface area contributed by atoms with Crippen LogP contribution in [0.5, 0.6) is 0 Å². The molecule has 0 aliphatic carbocycles. The van der Waals surface area contributed by atoms with Gasteiger partial charge in [0, 0.05) is 34.7 Å². The molecule has 1 aromatic carbocycles. The summed E-state index contributed by atoms with van der Waals surface area (Å²) >= 11 is 4.51. The average Bonchev–Trinajstić information content (AvgIpc) is 3.22. The number of halogens is 1. The Hall–Kier alpha value is -3.04. The molecule has 0 aliphatic rings. The molecule has 0 aliphatic heterocycles. The van der Waals surface area contributed by atoms with Gasteiger partial charge in [0.1, 0.15) is 9.71 Å². The van der Waals surface area contributed by atoms with E-state index in [0.717, 1.165) is 32.6 Å². The van der Waals surface area contributed by atoms with E-state index >= 15 is 0 Å². The highest BCUT2D eigenvalue weighted by Gasteiger charge is 2.17. The molecule has 0 saturated heterocycles. The Bertz CT molecular complexity index is 1390. The molecule has 0 spiro atoms. The van der Waals surface area contributed by atoms with E-state index in [-0.39, 0.29) is 18.0 Å². The van der Waals surface area contributed by atoms with Crippen molar-refractivity contribution in [2.75, 3.05) is 0 Å². The number of aryl methyl sites for hydroxylation is 2. The van der Waals surface area contributed by atoms with Crippen molar-refractivity contribution in [3.63, 3.8) is 0 Å². The van der Waals surface area contributed by atoms with Crippen molar-refractivity contribution >= 4 is 38.0 Å². The molecule has 1 amide bonds. The first-order valence-electron chi connectivity index (χ1n) is 9.53. The number of fused-ring (bicyclic) bond motifs is 1. The molecule has 9 heteroatoms. The molecule has 158 valence electrons. The van der Waals surface area contributed by atoms with Crippen LogP contribution in [0.1, 0.15) is 32.1 Å². The lowest BCUT2D eigenvalue weighted by Crippen LogP contribution is -2.38. The predicted octanol–water partition coefficient (Wildman–Crippen LogP) is 3.28. The van der Waals surface area contributed by atoms with Crippen LogP contribution in [0.25, 0.3) is 4.83 Å². The van der Waals surface area contributed by atoms with Crippen LogP contribution in [0.3, 0.4) is 0 Å². The molecule has 0 saturated carbocycles. The van der Waals surface area contributed by atoms with Crippen LogP contribution in [0.15, 0.2) is 62.9 Å². The van der Waals surface area contributed by atoms with Gasteiger partial charge in [-0.25, -0.2) is 4.79 Å². The molecule has 4 rings (SSSR count). The van der Waals surface area contributed by atoms with Gasteiger partial charge in [-0.3, -0.25) is 23.5 Å². The third kappa shape index (κ3) is 4.38. The molecular weight excluding hydrogens is 480 g/mol. The number of pyridine rings is 1. The molecule has 0 radical (unpaired) electrons. The van der Waals surface area contributed by atoms with Crippen molar-refractivity contribution in [3.8, 4) is 0 Å². The monoisotopic (exact) mass is 498 g/mol. The number of benzene rings is 1. The van der Waals surface area contributed by atoms with Crippen LogP contribution in [-0.4, -0.2) is 19.9 Å². The molecule has 0 atom stereocenters. The highest BCUT2D eigenvalue weighted by atomic mass is 79.9. The Morgan fingerprint density at radius 3 is 2.48 bits per heavy atom. The number of amides is 1. The highest BCUT2D eigenvalue weighted by molar-refractivity contribution is 9.10. The summed E-state index contributed by atoms with van der Waals surface area (Å²) in [7, 11) is 0. The fourth-order valence-corrected chi connectivity index (χ4v) is 4.42. The summed E-state index contributed by atoms with van der Waals surface area (Å²) in [6.07, 6.45) is 3.21. The Labute approximate surface area is 190 Å². The fraction of sp³-hybridized carbons (Fsp3) is 0.182. The second-order valence-electron chi connectivity index (χ2n) is 7.19. The third-order valence-corrected chi connectivity index (χ3v) is 6.63. The topological polar surface area (TPSA) is 85.5 Å². The lowest BCUT2D eigenvalue weighted by Gasteiger charge is -2.07. The lowest BCUT2D eigenvalue weighted by molar-refractivity contribution is 0.0954. The van der Waals surface area contributed by atoms with Gasteiger partial charge in [0.2, 0.25) is 0 Å². The van der Waals surface area contributed by atoms with Crippen molar-refractivity contribution in [3.05, 3.63) is 101 Å². The van der Waals surface area contributed by atoms with E-state index in [4.69, 9.17) is 0 Å². The zero-order valence-corrected chi connectivity index (χ0v) is 19.3. The molecule has 0 bridgehead atoms. The van der Waals surface area contributed by atoms with Crippen molar-refractivity contribution in [2.24, 2.45) is 0 Å². The maximum atomic E-state index is 13.0. The number of hydrogen-bond acceptors (Lipinski definition) is 5. The average molecular weight is 499 g/mol. The molecule has 1 N–H and O–H groups in total. The van der Waals surface area contributed by atoms with Crippen molar-refractivity contribution in [1.82, 2.24) is 19.3 Å². The van der Waals surface area contributed by atoms with E-state index < -0.39 is 5.69 Å². The second kappa shape index (κ2) is 8.60. The van der Waals surface area contributed by atoms with E-state index in [9.17, 15) is 14.4 Å². The first kappa shape index (κ1) is 21.2. The standard InChI is InChI=1S/C22H19BrN4O3S/c1-13-3-4-16(9-24-13)10-25-19(28)18-12-27-21(31-18)14(2)20(29)26(22(27)30)11-15-5-7-17(23)8-6-15/h3-9,12H,10-11H2,1-2H3,(H,25,28). The maximum absolute atomic E-state index is 13.0. The summed E-state index contributed by atoms with van der Waals surface area (Å²) in [4.78, 5) is 43.5. The van der Waals surface area contributed by atoms with E-state index in [0.29, 0.717) is 21.8 Å². The van der Waals surface area contributed by atoms with Crippen LogP contribution in [0, 0.1) is 13.8 Å². The summed E-state index contributed by atoms with van der Waals surface area (Å²) in [6.45, 7) is 4.05. The van der Waals surface area contributed by atoms with Gasteiger partial charge in [0.15, 0.2) is 0 Å². The first-order chi connectivity index (χ1) is 14.8. The van der Waals surface area contributed by atoms with E-state index in [2.05, 4.69) is 26.2 Å². The molecule has 0 fully saturated rings. The zero-order valence-electron chi connectivity index (χ0n) is 16.9. The van der Waals surface area contributed by atoms with Crippen LogP contribution in [-0.2, 0) is 13.1 Å². The van der Waals surface area contributed by atoms with Crippen molar-refractivity contribution < 1.29 is 4.79 Å². The van der Waals surface area contributed by atoms with Gasteiger partial charge in [-0.15, -0.1) is 11.3 Å². The number of hydrogen-bond donors (Lipinski definition) is 1. The summed E-state index contributed by atoms with van der Waals surface area (Å²) < 4.78 is 3.49. The van der Waals surface area contributed by atoms with Gasteiger partial charge in [-0.05, 0) is 43.2 Å².